The SMILES string of the molecule is COc1ccc(-c2c(C#N)c(C(F)(F)F)nn2-c2ccc(Cl)cc2)cc1F. The molecule has 0 aliphatic heterocycles. The zero-order valence-corrected chi connectivity index (χ0v) is 14.4. The molecule has 1 heterocycles. The minimum absolute atomic E-state index is 0.0443. The fourth-order valence-electron chi connectivity index (χ4n) is 2.57. The molecule has 138 valence electrons. The Morgan fingerprint density at radius 1 is 1.15 bits per heavy atom. The first-order chi connectivity index (χ1) is 12.8. The molecule has 0 spiro atoms. The van der Waals surface area contributed by atoms with Crippen LogP contribution in [0.5, 0.6) is 5.75 Å². The lowest BCUT2D eigenvalue weighted by Crippen LogP contribution is -2.08. The number of benzene rings is 2. The molecule has 0 saturated carbocycles. The van der Waals surface area contributed by atoms with Crippen LogP contribution in [0.4, 0.5) is 17.6 Å². The van der Waals surface area contributed by atoms with E-state index in [1.165, 1.54) is 49.6 Å². The Hall–Kier alpha value is -3.05. The Kier molecular flexibility index (Phi) is 4.81. The van der Waals surface area contributed by atoms with Crippen LogP contribution in [0, 0.1) is 17.1 Å². The van der Waals surface area contributed by atoms with Crippen LogP contribution in [0.3, 0.4) is 0 Å². The summed E-state index contributed by atoms with van der Waals surface area (Å²) in [5.74, 6) is -0.859. The first-order valence-electron chi connectivity index (χ1n) is 7.46. The van der Waals surface area contributed by atoms with E-state index < -0.39 is 23.3 Å². The fraction of sp³-hybridized carbons (Fsp3) is 0.111. The first-order valence-corrected chi connectivity index (χ1v) is 7.84. The van der Waals surface area contributed by atoms with Gasteiger partial charge in [0.2, 0.25) is 0 Å². The van der Waals surface area contributed by atoms with Gasteiger partial charge in [0.05, 0.1) is 18.5 Å². The predicted molar refractivity (Wildman–Crippen MR) is 90.2 cm³/mol. The number of halogens is 5. The van der Waals surface area contributed by atoms with Crippen LogP contribution in [0.25, 0.3) is 16.9 Å². The van der Waals surface area contributed by atoms with Gasteiger partial charge < -0.3 is 4.74 Å². The van der Waals surface area contributed by atoms with E-state index in [0.717, 1.165) is 10.7 Å². The molecule has 0 amide bonds. The predicted octanol–water partition coefficient (Wildman–Crippen LogP) is 5.23. The molecule has 3 rings (SSSR count). The van der Waals surface area contributed by atoms with Gasteiger partial charge in [0.1, 0.15) is 11.6 Å². The number of methoxy groups -OCH3 is 1. The maximum Gasteiger partial charge on any atom is 0.436 e. The van der Waals surface area contributed by atoms with Gasteiger partial charge in [0.15, 0.2) is 17.3 Å². The molecule has 0 aliphatic carbocycles. The van der Waals surface area contributed by atoms with Crippen LogP contribution in [-0.4, -0.2) is 16.9 Å². The van der Waals surface area contributed by atoms with Gasteiger partial charge in [0.25, 0.3) is 0 Å². The maximum atomic E-state index is 14.1. The van der Waals surface area contributed by atoms with Crippen molar-refractivity contribution in [1.82, 2.24) is 9.78 Å². The number of nitrogens with zero attached hydrogens (tertiary/aromatic N) is 3. The molecular formula is C18H10ClF4N3O. The van der Waals surface area contributed by atoms with Crippen molar-refractivity contribution in [1.29, 1.82) is 5.26 Å². The van der Waals surface area contributed by atoms with Crippen molar-refractivity contribution in [2.24, 2.45) is 0 Å². The summed E-state index contributed by atoms with van der Waals surface area (Å²) in [5, 5.41) is 13.3. The Morgan fingerprint density at radius 2 is 1.81 bits per heavy atom. The number of hydrogen-bond acceptors (Lipinski definition) is 3. The van der Waals surface area contributed by atoms with Gasteiger partial charge in [-0.2, -0.15) is 23.5 Å². The molecule has 0 unspecified atom stereocenters. The number of aromatic nitrogens is 2. The lowest BCUT2D eigenvalue weighted by atomic mass is 10.1. The summed E-state index contributed by atoms with van der Waals surface area (Å²) in [6.07, 6.45) is -4.86. The third-order valence-corrected chi connectivity index (χ3v) is 4.01. The third kappa shape index (κ3) is 3.46. The molecule has 1 aromatic heterocycles. The van der Waals surface area contributed by atoms with Gasteiger partial charge in [-0.25, -0.2) is 9.07 Å². The standard InChI is InChI=1S/C18H10ClF4N3O/c1-27-15-7-2-10(8-14(15)20)16-13(9-24)17(18(21,22)23)25-26(16)12-5-3-11(19)4-6-12/h2-8H,1H3. The lowest BCUT2D eigenvalue weighted by molar-refractivity contribution is -0.141. The normalized spacial score (nSPS) is 11.3. The van der Waals surface area contributed by atoms with Crippen LogP contribution in [0.1, 0.15) is 11.3 Å². The van der Waals surface area contributed by atoms with E-state index in [-0.39, 0.29) is 22.7 Å². The van der Waals surface area contributed by atoms with E-state index in [4.69, 9.17) is 16.3 Å². The molecule has 3 aromatic rings. The first kappa shape index (κ1) is 18.7. The summed E-state index contributed by atoms with van der Waals surface area (Å²) in [6, 6.07) is 11.0. The summed E-state index contributed by atoms with van der Waals surface area (Å²) in [4.78, 5) is 0. The Labute approximate surface area is 156 Å². The number of alkyl halides is 3. The number of ether oxygens (including phenoxy) is 1. The summed E-state index contributed by atoms with van der Waals surface area (Å²) in [5.41, 5.74) is -1.97. The highest BCUT2D eigenvalue weighted by Crippen LogP contribution is 2.38. The molecule has 0 aliphatic rings. The average molecular weight is 396 g/mol. The van der Waals surface area contributed by atoms with E-state index in [1.807, 2.05) is 0 Å². The van der Waals surface area contributed by atoms with E-state index in [9.17, 15) is 22.8 Å². The highest BCUT2D eigenvalue weighted by atomic mass is 35.5. The van der Waals surface area contributed by atoms with Crippen LogP contribution < -0.4 is 4.74 Å². The van der Waals surface area contributed by atoms with E-state index in [0.29, 0.717) is 5.02 Å². The van der Waals surface area contributed by atoms with Crippen LogP contribution >= 0.6 is 11.6 Å². The van der Waals surface area contributed by atoms with Crippen LogP contribution in [0.15, 0.2) is 42.5 Å². The zero-order chi connectivity index (χ0) is 19.8. The van der Waals surface area contributed by atoms with E-state index >= 15 is 0 Å². The Morgan fingerprint density at radius 3 is 2.33 bits per heavy atom. The van der Waals surface area contributed by atoms with Crippen molar-refractivity contribution >= 4 is 11.6 Å². The zero-order valence-electron chi connectivity index (χ0n) is 13.7. The van der Waals surface area contributed by atoms with Gasteiger partial charge in [-0.05, 0) is 42.5 Å². The highest BCUT2D eigenvalue weighted by Gasteiger charge is 2.40. The third-order valence-electron chi connectivity index (χ3n) is 3.76. The van der Waals surface area contributed by atoms with Crippen molar-refractivity contribution in [3.63, 3.8) is 0 Å². The Bertz CT molecular complexity index is 1040. The van der Waals surface area contributed by atoms with Crippen LogP contribution in [0.2, 0.25) is 5.02 Å². The smallest absolute Gasteiger partial charge is 0.436 e. The van der Waals surface area contributed by atoms with Crippen molar-refractivity contribution in [2.45, 2.75) is 6.18 Å². The van der Waals surface area contributed by atoms with E-state index in [1.54, 1.807) is 0 Å². The van der Waals surface area contributed by atoms with Crippen molar-refractivity contribution in [2.75, 3.05) is 7.11 Å². The van der Waals surface area contributed by atoms with Gasteiger partial charge in [-0.1, -0.05) is 11.6 Å². The topological polar surface area (TPSA) is 50.8 Å². The molecule has 4 nitrogen and oxygen atoms in total. The van der Waals surface area contributed by atoms with E-state index in [2.05, 4.69) is 5.10 Å². The maximum absolute atomic E-state index is 14.1. The van der Waals surface area contributed by atoms with Gasteiger partial charge >= 0.3 is 6.18 Å². The minimum atomic E-state index is -4.86. The fourth-order valence-corrected chi connectivity index (χ4v) is 2.70. The summed E-state index contributed by atoms with van der Waals surface area (Å²) < 4.78 is 60.0. The Balaban J connectivity index is 2.33. The molecule has 0 radical (unpaired) electrons. The molecule has 27 heavy (non-hydrogen) atoms. The number of nitriles is 1. The molecule has 0 atom stereocenters. The second kappa shape index (κ2) is 6.93. The van der Waals surface area contributed by atoms with Gasteiger partial charge in [-0.3, -0.25) is 0 Å². The molecule has 9 heteroatoms. The molecule has 2 aromatic carbocycles. The van der Waals surface area contributed by atoms with Crippen molar-refractivity contribution in [3.05, 3.63) is 64.6 Å². The molecule has 0 bridgehead atoms. The highest BCUT2D eigenvalue weighted by molar-refractivity contribution is 6.30. The van der Waals surface area contributed by atoms with Crippen molar-refractivity contribution in [3.8, 4) is 28.8 Å². The van der Waals surface area contributed by atoms with Crippen LogP contribution in [-0.2, 0) is 6.18 Å². The monoisotopic (exact) mass is 395 g/mol. The molecule has 0 fully saturated rings. The number of hydrogen-bond donors (Lipinski definition) is 0. The summed E-state index contributed by atoms with van der Waals surface area (Å²) >= 11 is 5.82. The van der Waals surface area contributed by atoms with Gasteiger partial charge in [-0.15, -0.1) is 0 Å². The summed E-state index contributed by atoms with van der Waals surface area (Å²) in [6.45, 7) is 0. The summed E-state index contributed by atoms with van der Waals surface area (Å²) in [7, 11) is 1.26. The molecular weight excluding hydrogens is 386 g/mol. The quantitative estimate of drug-likeness (QED) is 0.570. The number of rotatable bonds is 3. The second-order valence-electron chi connectivity index (χ2n) is 5.42. The van der Waals surface area contributed by atoms with Crippen molar-refractivity contribution < 1.29 is 22.3 Å². The molecule has 0 saturated heterocycles. The van der Waals surface area contributed by atoms with Gasteiger partial charge in [0, 0.05) is 10.6 Å². The average Bonchev–Trinajstić information content (AvgIpc) is 3.02. The largest absolute Gasteiger partial charge is 0.494 e. The molecule has 0 N–H and O–H groups in total. The lowest BCUT2D eigenvalue weighted by Gasteiger charge is -2.10. The minimum Gasteiger partial charge on any atom is -0.494 e. The second-order valence-corrected chi connectivity index (χ2v) is 5.86.